The van der Waals surface area contributed by atoms with E-state index in [0.29, 0.717) is 0 Å². The highest BCUT2D eigenvalue weighted by atomic mass is 32.1. The van der Waals surface area contributed by atoms with Gasteiger partial charge in [0.15, 0.2) is 5.69 Å². The second-order valence-electron chi connectivity index (χ2n) is 3.73. The standard InChI is InChI=1S/C12H14N2O2S/c1-2-9-8-11(12(15)16)13-14(9)6-5-10-4-3-7-17-10/h3-4,7-8H,2,5-6H2,1H3,(H,15,16). The van der Waals surface area contributed by atoms with Crippen molar-refractivity contribution >= 4 is 17.3 Å². The van der Waals surface area contributed by atoms with Crippen LogP contribution >= 0.6 is 11.3 Å². The van der Waals surface area contributed by atoms with Gasteiger partial charge >= 0.3 is 5.97 Å². The second-order valence-corrected chi connectivity index (χ2v) is 4.76. The first-order valence-electron chi connectivity index (χ1n) is 5.53. The van der Waals surface area contributed by atoms with Crippen LogP contribution in [0.2, 0.25) is 0 Å². The third-order valence-corrected chi connectivity index (χ3v) is 3.53. The maximum absolute atomic E-state index is 10.8. The van der Waals surface area contributed by atoms with Crippen molar-refractivity contribution in [2.24, 2.45) is 0 Å². The first kappa shape index (κ1) is 11.9. The zero-order valence-electron chi connectivity index (χ0n) is 9.59. The zero-order chi connectivity index (χ0) is 12.3. The number of rotatable bonds is 5. The van der Waals surface area contributed by atoms with E-state index in [4.69, 9.17) is 5.11 Å². The van der Waals surface area contributed by atoms with Crippen LogP contribution in [0.3, 0.4) is 0 Å². The minimum atomic E-state index is -0.963. The SMILES string of the molecule is CCc1cc(C(=O)O)nn1CCc1cccs1. The molecule has 1 N–H and O–H groups in total. The van der Waals surface area contributed by atoms with Crippen molar-refractivity contribution in [3.8, 4) is 0 Å². The van der Waals surface area contributed by atoms with Gasteiger partial charge in [0.25, 0.3) is 0 Å². The van der Waals surface area contributed by atoms with Crippen LogP contribution in [-0.4, -0.2) is 20.9 Å². The molecule has 0 amide bonds. The molecule has 0 saturated heterocycles. The average molecular weight is 250 g/mol. The molecule has 0 aromatic carbocycles. The highest BCUT2D eigenvalue weighted by Gasteiger charge is 2.11. The van der Waals surface area contributed by atoms with Gasteiger partial charge in [-0.2, -0.15) is 5.10 Å². The maximum Gasteiger partial charge on any atom is 0.356 e. The van der Waals surface area contributed by atoms with Crippen LogP contribution in [0, 0.1) is 0 Å². The molecule has 5 heteroatoms. The van der Waals surface area contributed by atoms with Crippen molar-refractivity contribution in [1.82, 2.24) is 9.78 Å². The Balaban J connectivity index is 2.11. The topological polar surface area (TPSA) is 55.1 Å². The van der Waals surface area contributed by atoms with E-state index in [9.17, 15) is 4.79 Å². The monoisotopic (exact) mass is 250 g/mol. The molecule has 0 aliphatic carbocycles. The summed E-state index contributed by atoms with van der Waals surface area (Å²) in [6.07, 6.45) is 1.69. The Morgan fingerprint density at radius 3 is 3.00 bits per heavy atom. The lowest BCUT2D eigenvalue weighted by atomic mass is 10.3. The molecule has 2 aromatic rings. The minimum Gasteiger partial charge on any atom is -0.476 e. The summed E-state index contributed by atoms with van der Waals surface area (Å²) in [6.45, 7) is 2.74. The molecular weight excluding hydrogens is 236 g/mol. The van der Waals surface area contributed by atoms with Gasteiger partial charge in [-0.3, -0.25) is 4.68 Å². The number of nitrogens with zero attached hydrogens (tertiary/aromatic N) is 2. The number of carboxylic acids is 1. The average Bonchev–Trinajstić information content (AvgIpc) is 2.95. The molecule has 0 fully saturated rings. The summed E-state index contributed by atoms with van der Waals surface area (Å²) in [7, 11) is 0. The molecule has 0 bridgehead atoms. The Hall–Kier alpha value is -1.62. The first-order valence-corrected chi connectivity index (χ1v) is 6.41. The van der Waals surface area contributed by atoms with Crippen LogP contribution < -0.4 is 0 Å². The van der Waals surface area contributed by atoms with E-state index in [1.54, 1.807) is 22.1 Å². The van der Waals surface area contributed by atoms with Gasteiger partial charge in [0.1, 0.15) is 0 Å². The third-order valence-electron chi connectivity index (χ3n) is 2.59. The predicted molar refractivity (Wildman–Crippen MR) is 66.6 cm³/mol. The van der Waals surface area contributed by atoms with Crippen LogP contribution in [0.5, 0.6) is 0 Å². The molecule has 2 heterocycles. The lowest BCUT2D eigenvalue weighted by Crippen LogP contribution is -2.07. The van der Waals surface area contributed by atoms with Crippen molar-refractivity contribution in [2.75, 3.05) is 0 Å². The molecule has 0 aliphatic heterocycles. The molecule has 0 atom stereocenters. The Bertz CT molecular complexity index is 503. The summed E-state index contributed by atoms with van der Waals surface area (Å²) < 4.78 is 1.79. The molecule has 90 valence electrons. The van der Waals surface area contributed by atoms with Crippen molar-refractivity contribution in [2.45, 2.75) is 26.3 Å². The lowest BCUT2D eigenvalue weighted by molar-refractivity contribution is 0.0689. The Morgan fingerprint density at radius 2 is 2.41 bits per heavy atom. The van der Waals surface area contributed by atoms with E-state index in [1.807, 2.05) is 18.4 Å². The van der Waals surface area contributed by atoms with Crippen LogP contribution in [0.25, 0.3) is 0 Å². The predicted octanol–water partition coefficient (Wildman–Crippen LogP) is 2.45. The van der Waals surface area contributed by atoms with Gasteiger partial charge in [0, 0.05) is 23.5 Å². The van der Waals surface area contributed by atoms with Crippen molar-refractivity contribution in [3.05, 3.63) is 39.8 Å². The maximum atomic E-state index is 10.8. The molecular formula is C12H14N2O2S. The number of hydrogen-bond acceptors (Lipinski definition) is 3. The fourth-order valence-corrected chi connectivity index (χ4v) is 2.41. The number of aromatic carboxylic acids is 1. The largest absolute Gasteiger partial charge is 0.476 e. The number of thiophene rings is 1. The summed E-state index contributed by atoms with van der Waals surface area (Å²) >= 11 is 1.71. The molecule has 0 spiro atoms. The smallest absolute Gasteiger partial charge is 0.356 e. The van der Waals surface area contributed by atoms with Crippen LogP contribution in [0.15, 0.2) is 23.6 Å². The van der Waals surface area contributed by atoms with Gasteiger partial charge in [-0.05, 0) is 23.9 Å². The van der Waals surface area contributed by atoms with Gasteiger partial charge in [0.05, 0.1) is 0 Å². The van der Waals surface area contributed by atoms with E-state index in [-0.39, 0.29) is 5.69 Å². The van der Waals surface area contributed by atoms with E-state index < -0.39 is 5.97 Å². The Kier molecular flexibility index (Phi) is 3.58. The van der Waals surface area contributed by atoms with E-state index in [1.165, 1.54) is 4.88 Å². The molecule has 17 heavy (non-hydrogen) atoms. The number of aryl methyl sites for hydroxylation is 3. The van der Waals surface area contributed by atoms with E-state index in [2.05, 4.69) is 11.2 Å². The summed E-state index contributed by atoms with van der Waals surface area (Å²) in [5, 5.41) is 15.0. The summed E-state index contributed by atoms with van der Waals surface area (Å²) in [4.78, 5) is 12.1. The molecule has 0 unspecified atom stereocenters. The summed E-state index contributed by atoms with van der Waals surface area (Å²) in [6, 6.07) is 5.75. The molecule has 2 aromatic heterocycles. The van der Waals surface area contributed by atoms with Gasteiger partial charge < -0.3 is 5.11 Å². The molecule has 0 saturated carbocycles. The molecule has 4 nitrogen and oxygen atoms in total. The van der Waals surface area contributed by atoms with Gasteiger partial charge in [0.2, 0.25) is 0 Å². The second kappa shape index (κ2) is 5.14. The Morgan fingerprint density at radius 1 is 1.59 bits per heavy atom. The Labute approximate surface area is 104 Å². The van der Waals surface area contributed by atoms with Crippen molar-refractivity contribution in [1.29, 1.82) is 0 Å². The third kappa shape index (κ3) is 2.74. The first-order chi connectivity index (χ1) is 8.20. The van der Waals surface area contributed by atoms with E-state index in [0.717, 1.165) is 25.1 Å². The highest BCUT2D eigenvalue weighted by Crippen LogP contribution is 2.12. The molecule has 2 rings (SSSR count). The fourth-order valence-electron chi connectivity index (χ4n) is 1.71. The van der Waals surface area contributed by atoms with E-state index >= 15 is 0 Å². The van der Waals surface area contributed by atoms with Crippen molar-refractivity contribution in [3.63, 3.8) is 0 Å². The number of aromatic nitrogens is 2. The summed E-state index contributed by atoms with van der Waals surface area (Å²) in [5.74, 6) is -0.963. The van der Waals surface area contributed by atoms with Crippen molar-refractivity contribution < 1.29 is 9.90 Å². The quantitative estimate of drug-likeness (QED) is 0.886. The number of carboxylic acid groups (broad SMARTS) is 1. The zero-order valence-corrected chi connectivity index (χ0v) is 10.4. The van der Waals surface area contributed by atoms with Gasteiger partial charge in [-0.15, -0.1) is 11.3 Å². The minimum absolute atomic E-state index is 0.132. The van der Waals surface area contributed by atoms with Crippen LogP contribution in [0.1, 0.15) is 28.0 Å². The fraction of sp³-hybridized carbons (Fsp3) is 0.333. The highest BCUT2D eigenvalue weighted by molar-refractivity contribution is 7.09. The number of carbonyl (C=O) groups is 1. The lowest BCUT2D eigenvalue weighted by Gasteiger charge is -2.04. The molecule has 0 radical (unpaired) electrons. The van der Waals surface area contributed by atoms with Gasteiger partial charge in [-0.25, -0.2) is 4.79 Å². The molecule has 0 aliphatic rings. The summed E-state index contributed by atoms with van der Waals surface area (Å²) in [5.41, 5.74) is 1.10. The van der Waals surface area contributed by atoms with Gasteiger partial charge in [-0.1, -0.05) is 13.0 Å². The van der Waals surface area contributed by atoms with Crippen LogP contribution in [0.4, 0.5) is 0 Å². The normalized spacial score (nSPS) is 10.6. The number of hydrogen-bond donors (Lipinski definition) is 1. The van der Waals surface area contributed by atoms with Crippen LogP contribution in [-0.2, 0) is 19.4 Å².